The Morgan fingerprint density at radius 3 is 2.76 bits per heavy atom. The van der Waals surface area contributed by atoms with Crippen LogP contribution in [-0.2, 0) is 4.74 Å². The number of carbonyl (C=O) groups is 1. The quantitative estimate of drug-likeness (QED) is 0.375. The number of hydrogen-bond donors (Lipinski definition) is 1. The lowest BCUT2D eigenvalue weighted by Gasteiger charge is -2.36. The molecule has 134 valence electrons. The number of thioether (sulfide) groups is 1. The second-order valence-corrected chi connectivity index (χ2v) is 6.34. The monoisotopic (exact) mass is 381 g/mol. The van der Waals surface area contributed by atoms with Crippen LogP contribution in [0, 0.1) is 11.5 Å². The van der Waals surface area contributed by atoms with Crippen LogP contribution in [-0.4, -0.2) is 55.2 Å². The lowest BCUT2D eigenvalue weighted by molar-refractivity contribution is 0.105. The fourth-order valence-electron chi connectivity index (χ4n) is 2.52. The Bertz CT molecular complexity index is 684. The third-order valence-electron chi connectivity index (χ3n) is 3.67. The first-order chi connectivity index (χ1) is 12.1. The minimum atomic E-state index is -0.289. The highest BCUT2D eigenvalue weighted by molar-refractivity contribution is 8.13. The van der Waals surface area contributed by atoms with Crippen LogP contribution < -0.4 is 10.2 Å². The molecule has 7 nitrogen and oxygen atoms in total. The zero-order valence-electron chi connectivity index (χ0n) is 14.2. The lowest BCUT2D eigenvalue weighted by atomic mass is 10.2. The average Bonchev–Trinajstić information content (AvgIpc) is 2.62. The van der Waals surface area contributed by atoms with Crippen molar-refractivity contribution in [3.63, 3.8) is 0 Å². The molecule has 1 saturated heterocycles. The molecule has 1 amide bonds. The van der Waals surface area contributed by atoms with Gasteiger partial charge in [-0.2, -0.15) is 5.26 Å². The summed E-state index contributed by atoms with van der Waals surface area (Å²) in [6.07, 6.45) is 3.43. The highest BCUT2D eigenvalue weighted by Gasteiger charge is 2.24. The van der Waals surface area contributed by atoms with Crippen molar-refractivity contribution in [2.75, 3.05) is 43.9 Å². The van der Waals surface area contributed by atoms with Crippen LogP contribution in [0.5, 0.6) is 0 Å². The van der Waals surface area contributed by atoms with Gasteiger partial charge in [0.05, 0.1) is 23.0 Å². The molecular weight excluding hydrogens is 362 g/mol. The summed E-state index contributed by atoms with van der Waals surface area (Å²) in [6, 6.07) is 5.49. The summed E-state index contributed by atoms with van der Waals surface area (Å²) in [5.74, 6) is 0. The number of amidine groups is 1. The van der Waals surface area contributed by atoms with Gasteiger partial charge in [-0.1, -0.05) is 29.4 Å². The number of amides is 1. The minimum absolute atomic E-state index is 0.289. The summed E-state index contributed by atoms with van der Waals surface area (Å²) >= 11 is 7.75. The molecule has 0 saturated carbocycles. The van der Waals surface area contributed by atoms with Gasteiger partial charge in [-0.05, 0) is 25.3 Å². The highest BCUT2D eigenvalue weighted by atomic mass is 35.5. The summed E-state index contributed by atoms with van der Waals surface area (Å²) in [6.45, 7) is 4.53. The number of benzene rings is 1. The van der Waals surface area contributed by atoms with Crippen LogP contribution in [0.3, 0.4) is 0 Å². The molecule has 9 heteroatoms. The van der Waals surface area contributed by atoms with Gasteiger partial charge in [0, 0.05) is 26.2 Å². The van der Waals surface area contributed by atoms with E-state index in [1.165, 1.54) is 11.8 Å². The molecule has 1 aliphatic heterocycles. The number of piperazine rings is 1. The zero-order valence-corrected chi connectivity index (χ0v) is 15.7. The van der Waals surface area contributed by atoms with E-state index in [9.17, 15) is 4.79 Å². The number of carbonyl (C=O) groups excluding carboxylic acids is 1. The highest BCUT2D eigenvalue weighted by Crippen LogP contribution is 2.37. The first kappa shape index (κ1) is 19.2. The molecule has 0 radical (unpaired) electrons. The maximum absolute atomic E-state index is 11.8. The van der Waals surface area contributed by atoms with Crippen LogP contribution >= 0.6 is 23.4 Å². The molecule has 1 aliphatic rings. The van der Waals surface area contributed by atoms with E-state index in [-0.39, 0.29) is 6.09 Å². The van der Waals surface area contributed by atoms with Gasteiger partial charge >= 0.3 is 6.09 Å². The SMILES string of the molecule is CCOC(=O)N1CCN(c2c(Cl)cccc2N=C(NC#N)SC)CC1. The molecule has 25 heavy (non-hydrogen) atoms. The van der Waals surface area contributed by atoms with Crippen LogP contribution in [0.25, 0.3) is 0 Å². The number of nitrogens with one attached hydrogen (secondary N) is 1. The summed E-state index contributed by atoms with van der Waals surface area (Å²) in [5, 5.41) is 12.4. The van der Waals surface area contributed by atoms with E-state index >= 15 is 0 Å². The Kier molecular flexibility index (Phi) is 7.22. The Morgan fingerprint density at radius 2 is 2.16 bits per heavy atom. The van der Waals surface area contributed by atoms with Crippen LogP contribution in [0.15, 0.2) is 23.2 Å². The fourth-order valence-corrected chi connectivity index (χ4v) is 3.14. The second kappa shape index (κ2) is 9.39. The van der Waals surface area contributed by atoms with E-state index in [4.69, 9.17) is 21.6 Å². The summed E-state index contributed by atoms with van der Waals surface area (Å²) in [4.78, 5) is 20.1. The van der Waals surface area contributed by atoms with Crippen molar-refractivity contribution in [1.82, 2.24) is 10.2 Å². The van der Waals surface area contributed by atoms with Crippen molar-refractivity contribution in [1.29, 1.82) is 5.26 Å². The molecule has 0 bridgehead atoms. The summed E-state index contributed by atoms with van der Waals surface area (Å²) in [5.41, 5.74) is 1.49. The van der Waals surface area contributed by atoms with E-state index in [1.54, 1.807) is 11.8 Å². The van der Waals surface area contributed by atoms with Crippen LogP contribution in [0.4, 0.5) is 16.2 Å². The van der Waals surface area contributed by atoms with Crippen molar-refractivity contribution < 1.29 is 9.53 Å². The number of nitriles is 1. The van der Waals surface area contributed by atoms with Gasteiger partial charge in [-0.15, -0.1) is 0 Å². The van der Waals surface area contributed by atoms with Crippen LogP contribution in [0.2, 0.25) is 5.02 Å². The number of anilines is 1. The molecule has 1 aromatic carbocycles. The maximum atomic E-state index is 11.8. The molecule has 0 spiro atoms. The van der Waals surface area contributed by atoms with Gasteiger partial charge in [0.2, 0.25) is 0 Å². The van der Waals surface area contributed by atoms with Crippen molar-refractivity contribution in [3.05, 3.63) is 23.2 Å². The lowest BCUT2D eigenvalue weighted by Crippen LogP contribution is -2.49. The van der Waals surface area contributed by atoms with Gasteiger partial charge in [0.1, 0.15) is 0 Å². The Balaban J connectivity index is 2.20. The largest absolute Gasteiger partial charge is 0.450 e. The van der Waals surface area contributed by atoms with Gasteiger partial charge < -0.3 is 14.5 Å². The van der Waals surface area contributed by atoms with Crippen molar-refractivity contribution in [3.8, 4) is 6.19 Å². The third kappa shape index (κ3) is 4.94. The Morgan fingerprint density at radius 1 is 1.44 bits per heavy atom. The molecule has 0 aromatic heterocycles. The number of rotatable bonds is 3. The zero-order chi connectivity index (χ0) is 18.2. The number of aliphatic imine (C=N–C) groups is 1. The normalized spacial score (nSPS) is 14.9. The van der Waals surface area contributed by atoms with E-state index in [1.807, 2.05) is 30.6 Å². The Labute approximate surface area is 156 Å². The number of halogens is 1. The van der Waals surface area contributed by atoms with E-state index in [0.29, 0.717) is 48.7 Å². The van der Waals surface area contributed by atoms with Gasteiger partial charge in [0.15, 0.2) is 11.4 Å². The van der Waals surface area contributed by atoms with Gasteiger partial charge in [0.25, 0.3) is 0 Å². The Hall–Kier alpha value is -2.11. The maximum Gasteiger partial charge on any atom is 0.409 e. The number of hydrogen-bond acceptors (Lipinski definition) is 6. The first-order valence-electron chi connectivity index (χ1n) is 7.83. The van der Waals surface area contributed by atoms with E-state index < -0.39 is 0 Å². The van der Waals surface area contributed by atoms with Crippen molar-refractivity contribution in [2.45, 2.75) is 6.92 Å². The minimum Gasteiger partial charge on any atom is -0.450 e. The standard InChI is InChI=1S/C16H20ClN5O2S/c1-3-24-16(23)22-9-7-21(8-10-22)14-12(17)5-4-6-13(14)20-15(25-2)19-11-18/h4-6H,3,7-10H2,1-2H3,(H,19,20). The predicted octanol–water partition coefficient (Wildman–Crippen LogP) is 3.04. The van der Waals surface area contributed by atoms with Crippen molar-refractivity contribution in [2.24, 2.45) is 4.99 Å². The predicted molar refractivity (Wildman–Crippen MR) is 102 cm³/mol. The van der Waals surface area contributed by atoms with Crippen LogP contribution in [0.1, 0.15) is 6.92 Å². The van der Waals surface area contributed by atoms with Gasteiger partial charge in [-0.25, -0.2) is 9.79 Å². The molecule has 0 unspecified atom stereocenters. The molecule has 2 rings (SSSR count). The topological polar surface area (TPSA) is 81.0 Å². The average molecular weight is 382 g/mol. The molecule has 0 atom stereocenters. The first-order valence-corrected chi connectivity index (χ1v) is 9.44. The van der Waals surface area contributed by atoms with Gasteiger partial charge in [-0.3, -0.25) is 5.32 Å². The third-order valence-corrected chi connectivity index (χ3v) is 4.55. The molecule has 0 aliphatic carbocycles. The number of nitrogens with zero attached hydrogens (tertiary/aromatic N) is 4. The molecule has 1 fully saturated rings. The summed E-state index contributed by atoms with van der Waals surface area (Å²) in [7, 11) is 0. The van der Waals surface area contributed by atoms with E-state index in [0.717, 1.165) is 5.69 Å². The number of ether oxygens (including phenoxy) is 1. The molecular formula is C16H20ClN5O2S. The summed E-state index contributed by atoms with van der Waals surface area (Å²) < 4.78 is 5.04. The molecule has 1 N–H and O–H groups in total. The molecule has 1 aromatic rings. The fraction of sp³-hybridized carbons (Fsp3) is 0.438. The second-order valence-electron chi connectivity index (χ2n) is 5.14. The smallest absolute Gasteiger partial charge is 0.409 e. The van der Waals surface area contributed by atoms with E-state index in [2.05, 4.69) is 15.2 Å². The molecule has 1 heterocycles. The number of para-hydroxylation sites is 1. The van der Waals surface area contributed by atoms with Crippen molar-refractivity contribution >= 4 is 46.0 Å².